The molecule has 1 aliphatic rings. The fraction of sp³-hybridized carbons (Fsp3) is 0.364. The molecule has 9 nitrogen and oxygen atoms in total. The van der Waals surface area contributed by atoms with E-state index in [0.29, 0.717) is 43.4 Å². The lowest BCUT2D eigenvalue weighted by Crippen LogP contribution is -2.21. The van der Waals surface area contributed by atoms with E-state index in [1.807, 2.05) is 48.4 Å². The van der Waals surface area contributed by atoms with Crippen LogP contribution in [0.4, 0.5) is 0 Å². The minimum atomic E-state index is -0.0647. The van der Waals surface area contributed by atoms with Gasteiger partial charge in [0.1, 0.15) is 17.4 Å². The Bertz CT molecular complexity index is 1250. The van der Waals surface area contributed by atoms with Crippen molar-refractivity contribution in [3.63, 3.8) is 0 Å². The number of aryl methyl sites for hydroxylation is 1. The Hall–Kier alpha value is -3.24. The van der Waals surface area contributed by atoms with E-state index in [9.17, 15) is 4.79 Å². The first-order valence-electron chi connectivity index (χ1n) is 10.6. The second kappa shape index (κ2) is 8.71. The van der Waals surface area contributed by atoms with Gasteiger partial charge in [0, 0.05) is 49.1 Å². The maximum atomic E-state index is 12.1. The van der Waals surface area contributed by atoms with Crippen LogP contribution in [-0.4, -0.2) is 56.1 Å². The van der Waals surface area contributed by atoms with Gasteiger partial charge in [-0.05, 0) is 19.1 Å². The highest BCUT2D eigenvalue weighted by Gasteiger charge is 2.22. The molecule has 1 amide bonds. The summed E-state index contributed by atoms with van der Waals surface area (Å²) < 4.78 is 15.5. The van der Waals surface area contributed by atoms with Crippen molar-refractivity contribution in [1.82, 2.24) is 29.6 Å². The number of thiophene rings is 1. The third kappa shape index (κ3) is 4.11. The predicted octanol–water partition coefficient (Wildman–Crippen LogP) is 2.72. The van der Waals surface area contributed by atoms with Gasteiger partial charge in [0.05, 0.1) is 36.2 Å². The molecule has 5 rings (SSSR count). The zero-order valence-corrected chi connectivity index (χ0v) is 18.8. The van der Waals surface area contributed by atoms with E-state index in [1.165, 1.54) is 11.3 Å². The molecule has 4 aromatic rings. The summed E-state index contributed by atoms with van der Waals surface area (Å²) in [6, 6.07) is 3.86. The van der Waals surface area contributed by atoms with Crippen LogP contribution in [0.2, 0.25) is 0 Å². The molecule has 5 heterocycles. The monoisotopic (exact) mass is 452 g/mol. The van der Waals surface area contributed by atoms with Gasteiger partial charge in [-0.3, -0.25) is 9.48 Å². The number of rotatable bonds is 7. The van der Waals surface area contributed by atoms with Crippen molar-refractivity contribution in [3.05, 3.63) is 52.4 Å². The minimum absolute atomic E-state index is 0.0377. The third-order valence-corrected chi connectivity index (χ3v) is 6.21. The summed E-state index contributed by atoms with van der Waals surface area (Å²) in [6.45, 7) is 3.74. The van der Waals surface area contributed by atoms with Crippen LogP contribution in [0.25, 0.3) is 16.7 Å². The first-order valence-corrected chi connectivity index (χ1v) is 11.5. The summed E-state index contributed by atoms with van der Waals surface area (Å²) in [7, 11) is 1.88. The maximum Gasteiger partial charge on any atom is 0.252 e. The molecule has 0 radical (unpaired) electrons. The number of carbonyl (C=O) groups excluding carboxylic acids is 1. The number of aromatic nitrogens is 5. The molecule has 0 bridgehead atoms. The Morgan fingerprint density at radius 3 is 3.06 bits per heavy atom. The van der Waals surface area contributed by atoms with Crippen LogP contribution in [0, 0.1) is 0 Å². The highest BCUT2D eigenvalue weighted by Crippen LogP contribution is 2.29. The number of ether oxygens (including phenoxy) is 2. The Balaban J connectivity index is 1.51. The molecule has 0 spiro atoms. The van der Waals surface area contributed by atoms with Gasteiger partial charge in [0.25, 0.3) is 5.91 Å². The summed E-state index contributed by atoms with van der Waals surface area (Å²) in [5.74, 6) is 1.12. The zero-order chi connectivity index (χ0) is 22.1. The topological polar surface area (TPSA) is 96.1 Å². The predicted molar refractivity (Wildman–Crippen MR) is 121 cm³/mol. The van der Waals surface area contributed by atoms with E-state index in [0.717, 1.165) is 28.0 Å². The number of hydrogen-bond donors (Lipinski definition) is 1. The molecular weight excluding hydrogens is 428 g/mol. The molecule has 0 aromatic carbocycles. The number of carbonyl (C=O) groups is 1. The molecule has 10 heteroatoms. The number of fused-ring (bicyclic) bond motifs is 1. The first-order chi connectivity index (χ1) is 15.6. The van der Waals surface area contributed by atoms with Crippen molar-refractivity contribution < 1.29 is 14.3 Å². The summed E-state index contributed by atoms with van der Waals surface area (Å²) in [6.07, 6.45) is 7.00. The number of nitrogens with one attached hydrogen (secondary N) is 1. The number of nitrogens with zero attached hydrogens (tertiary/aromatic N) is 5. The van der Waals surface area contributed by atoms with Crippen molar-refractivity contribution in [3.8, 4) is 11.6 Å². The molecule has 0 saturated carbocycles. The van der Waals surface area contributed by atoms with Gasteiger partial charge in [0.15, 0.2) is 0 Å². The molecule has 1 N–H and O–H groups in total. The van der Waals surface area contributed by atoms with Crippen LogP contribution in [0.5, 0.6) is 5.88 Å². The average molecular weight is 453 g/mol. The highest BCUT2D eigenvalue weighted by atomic mass is 32.1. The molecule has 1 saturated heterocycles. The summed E-state index contributed by atoms with van der Waals surface area (Å²) in [5, 5.41) is 8.97. The van der Waals surface area contributed by atoms with Crippen LogP contribution in [0.1, 0.15) is 34.4 Å². The molecular formula is C22H24N6O3S. The van der Waals surface area contributed by atoms with Crippen LogP contribution in [0.15, 0.2) is 36.1 Å². The third-order valence-electron chi connectivity index (χ3n) is 5.27. The van der Waals surface area contributed by atoms with Gasteiger partial charge < -0.3 is 19.4 Å². The fourth-order valence-electron chi connectivity index (χ4n) is 3.74. The van der Waals surface area contributed by atoms with Crippen molar-refractivity contribution in [2.45, 2.75) is 25.9 Å². The standard InChI is InChI=1S/C22H24N6O3S/c1-3-23-21(29)14-8-17(32-13-14)9-19-25-18-4-6-28(15-10-24-27(2)11-15)20(18)22(26-19)31-16-5-7-30-12-16/h4,6,8,10-11,13,16H,3,5,7,9,12H2,1-2H3,(H,23,29)/t16-/m1/s1. The van der Waals surface area contributed by atoms with E-state index < -0.39 is 0 Å². The van der Waals surface area contributed by atoms with Crippen LogP contribution < -0.4 is 10.1 Å². The van der Waals surface area contributed by atoms with Gasteiger partial charge in [-0.25, -0.2) is 4.98 Å². The largest absolute Gasteiger partial charge is 0.470 e. The summed E-state index contributed by atoms with van der Waals surface area (Å²) in [4.78, 5) is 22.7. The lowest BCUT2D eigenvalue weighted by atomic mass is 10.2. The second-order valence-electron chi connectivity index (χ2n) is 7.68. The fourth-order valence-corrected chi connectivity index (χ4v) is 4.60. The van der Waals surface area contributed by atoms with Gasteiger partial charge in [-0.2, -0.15) is 10.1 Å². The van der Waals surface area contributed by atoms with Gasteiger partial charge in [0.2, 0.25) is 5.88 Å². The molecule has 1 aliphatic heterocycles. The summed E-state index contributed by atoms with van der Waals surface area (Å²) in [5.41, 5.74) is 3.18. The smallest absolute Gasteiger partial charge is 0.252 e. The van der Waals surface area contributed by atoms with Crippen molar-refractivity contribution in [1.29, 1.82) is 0 Å². The highest BCUT2D eigenvalue weighted by molar-refractivity contribution is 7.10. The normalized spacial score (nSPS) is 16.0. The maximum absolute atomic E-state index is 12.1. The van der Waals surface area contributed by atoms with Crippen molar-refractivity contribution >= 4 is 28.3 Å². The quantitative estimate of drug-likeness (QED) is 0.463. The van der Waals surface area contributed by atoms with Crippen LogP contribution in [0.3, 0.4) is 0 Å². The average Bonchev–Trinajstić information content (AvgIpc) is 3.55. The van der Waals surface area contributed by atoms with Crippen molar-refractivity contribution in [2.75, 3.05) is 19.8 Å². The molecule has 166 valence electrons. The SMILES string of the molecule is CCNC(=O)c1csc(Cc2nc(O[C@@H]3CCOC3)c3c(ccn3-c3cnn(C)c3)n2)c1. The zero-order valence-electron chi connectivity index (χ0n) is 17.9. The molecule has 0 aliphatic carbocycles. The van der Waals surface area contributed by atoms with Crippen LogP contribution in [-0.2, 0) is 18.2 Å². The molecule has 1 atom stereocenters. The van der Waals surface area contributed by atoms with Gasteiger partial charge in [-0.15, -0.1) is 11.3 Å². The van der Waals surface area contributed by atoms with E-state index in [1.54, 1.807) is 10.9 Å². The summed E-state index contributed by atoms with van der Waals surface area (Å²) >= 11 is 1.53. The minimum Gasteiger partial charge on any atom is -0.470 e. The molecule has 0 unspecified atom stereocenters. The van der Waals surface area contributed by atoms with E-state index >= 15 is 0 Å². The van der Waals surface area contributed by atoms with Gasteiger partial charge in [-0.1, -0.05) is 0 Å². The lowest BCUT2D eigenvalue weighted by Gasteiger charge is -2.14. The van der Waals surface area contributed by atoms with E-state index in [4.69, 9.17) is 19.4 Å². The van der Waals surface area contributed by atoms with Gasteiger partial charge >= 0.3 is 0 Å². The second-order valence-corrected chi connectivity index (χ2v) is 8.67. The van der Waals surface area contributed by atoms with Crippen molar-refractivity contribution in [2.24, 2.45) is 7.05 Å². The Labute approximate surface area is 189 Å². The molecule has 4 aromatic heterocycles. The first kappa shape index (κ1) is 20.7. The van der Waals surface area contributed by atoms with Crippen LogP contribution >= 0.6 is 11.3 Å². The van der Waals surface area contributed by atoms with E-state index in [2.05, 4.69) is 10.4 Å². The van der Waals surface area contributed by atoms with E-state index in [-0.39, 0.29) is 12.0 Å². The Kier molecular flexibility index (Phi) is 5.62. The Morgan fingerprint density at radius 2 is 2.31 bits per heavy atom. The number of hydrogen-bond acceptors (Lipinski definition) is 7. The Morgan fingerprint density at radius 1 is 1.41 bits per heavy atom. The molecule has 1 fully saturated rings. The molecule has 32 heavy (non-hydrogen) atoms. The number of amides is 1. The lowest BCUT2D eigenvalue weighted by molar-refractivity contribution is 0.0956.